The summed E-state index contributed by atoms with van der Waals surface area (Å²) in [5, 5.41) is 3.11. The lowest BCUT2D eigenvalue weighted by Gasteiger charge is -2.33. The maximum atomic E-state index is 11.3. The Balaban J connectivity index is 2.20. The SMILES string of the molecule is CCNc1ncc(C)c(N2CCCC(C(N)=O)C2)n1. The molecular weight excluding hydrogens is 242 g/mol. The first-order valence-corrected chi connectivity index (χ1v) is 6.73. The molecule has 1 saturated heterocycles. The number of carbonyl (C=O) groups excluding carboxylic acids is 1. The van der Waals surface area contributed by atoms with Crippen molar-refractivity contribution in [3.8, 4) is 0 Å². The molecule has 1 aliphatic heterocycles. The van der Waals surface area contributed by atoms with Gasteiger partial charge in [0.1, 0.15) is 5.82 Å². The number of nitrogens with zero attached hydrogens (tertiary/aromatic N) is 3. The predicted molar refractivity (Wildman–Crippen MR) is 75.1 cm³/mol. The van der Waals surface area contributed by atoms with Crippen molar-refractivity contribution in [2.45, 2.75) is 26.7 Å². The van der Waals surface area contributed by atoms with E-state index in [9.17, 15) is 4.79 Å². The second-order valence-electron chi connectivity index (χ2n) is 4.92. The van der Waals surface area contributed by atoms with Crippen LogP contribution in [0.4, 0.5) is 11.8 Å². The van der Waals surface area contributed by atoms with E-state index < -0.39 is 0 Å². The van der Waals surface area contributed by atoms with Crippen LogP contribution < -0.4 is 16.0 Å². The molecule has 6 nitrogen and oxygen atoms in total. The molecule has 0 bridgehead atoms. The molecule has 0 saturated carbocycles. The van der Waals surface area contributed by atoms with Crippen molar-refractivity contribution in [2.24, 2.45) is 11.7 Å². The van der Waals surface area contributed by atoms with Crippen LogP contribution in [0.5, 0.6) is 0 Å². The van der Waals surface area contributed by atoms with Crippen LogP contribution in [0.2, 0.25) is 0 Å². The summed E-state index contributed by atoms with van der Waals surface area (Å²) in [6.07, 6.45) is 3.65. The van der Waals surface area contributed by atoms with E-state index in [1.54, 1.807) is 0 Å². The van der Waals surface area contributed by atoms with Gasteiger partial charge in [0.05, 0.1) is 5.92 Å². The van der Waals surface area contributed by atoms with Gasteiger partial charge in [-0.2, -0.15) is 4.98 Å². The van der Waals surface area contributed by atoms with Crippen LogP contribution in [-0.4, -0.2) is 35.5 Å². The molecule has 0 aromatic carbocycles. The number of amides is 1. The molecule has 1 atom stereocenters. The maximum Gasteiger partial charge on any atom is 0.224 e. The number of hydrogen-bond acceptors (Lipinski definition) is 5. The van der Waals surface area contributed by atoms with Crippen molar-refractivity contribution < 1.29 is 4.79 Å². The van der Waals surface area contributed by atoms with Gasteiger partial charge in [-0.3, -0.25) is 4.79 Å². The smallest absolute Gasteiger partial charge is 0.224 e. The van der Waals surface area contributed by atoms with Gasteiger partial charge in [0.2, 0.25) is 11.9 Å². The molecule has 1 aromatic rings. The van der Waals surface area contributed by atoms with Gasteiger partial charge in [-0.15, -0.1) is 0 Å². The van der Waals surface area contributed by atoms with Gasteiger partial charge in [-0.05, 0) is 26.7 Å². The molecule has 1 aliphatic rings. The number of rotatable bonds is 4. The molecule has 0 spiro atoms. The number of nitrogens with two attached hydrogens (primary N) is 1. The topological polar surface area (TPSA) is 84.1 Å². The van der Waals surface area contributed by atoms with Crippen molar-refractivity contribution in [3.05, 3.63) is 11.8 Å². The molecule has 1 unspecified atom stereocenters. The van der Waals surface area contributed by atoms with Gasteiger partial charge in [0.25, 0.3) is 0 Å². The van der Waals surface area contributed by atoms with E-state index in [0.29, 0.717) is 12.5 Å². The van der Waals surface area contributed by atoms with Crippen LogP contribution in [0, 0.1) is 12.8 Å². The van der Waals surface area contributed by atoms with E-state index in [4.69, 9.17) is 5.73 Å². The molecule has 1 amide bonds. The highest BCUT2D eigenvalue weighted by molar-refractivity contribution is 5.77. The largest absolute Gasteiger partial charge is 0.369 e. The first-order chi connectivity index (χ1) is 9.11. The molecule has 0 radical (unpaired) electrons. The Morgan fingerprint density at radius 2 is 2.42 bits per heavy atom. The van der Waals surface area contributed by atoms with Crippen molar-refractivity contribution in [1.29, 1.82) is 0 Å². The van der Waals surface area contributed by atoms with E-state index in [0.717, 1.165) is 37.3 Å². The normalized spacial score (nSPS) is 19.3. The summed E-state index contributed by atoms with van der Waals surface area (Å²) in [4.78, 5) is 22.2. The molecular formula is C13H21N5O. The summed E-state index contributed by atoms with van der Waals surface area (Å²) < 4.78 is 0. The van der Waals surface area contributed by atoms with E-state index in [2.05, 4.69) is 20.2 Å². The molecule has 104 valence electrons. The van der Waals surface area contributed by atoms with Crippen molar-refractivity contribution in [1.82, 2.24) is 9.97 Å². The molecule has 1 fully saturated rings. The number of primary amides is 1. The van der Waals surface area contributed by atoms with Gasteiger partial charge in [-0.1, -0.05) is 0 Å². The van der Waals surface area contributed by atoms with E-state index >= 15 is 0 Å². The zero-order valence-corrected chi connectivity index (χ0v) is 11.5. The molecule has 0 aliphatic carbocycles. The summed E-state index contributed by atoms with van der Waals surface area (Å²) in [6, 6.07) is 0. The molecule has 2 rings (SSSR count). The summed E-state index contributed by atoms with van der Waals surface area (Å²) in [7, 11) is 0. The van der Waals surface area contributed by atoms with E-state index in [1.807, 2.05) is 20.0 Å². The van der Waals surface area contributed by atoms with Crippen molar-refractivity contribution >= 4 is 17.7 Å². The monoisotopic (exact) mass is 263 g/mol. The molecule has 6 heteroatoms. The second-order valence-corrected chi connectivity index (χ2v) is 4.92. The van der Waals surface area contributed by atoms with E-state index in [1.165, 1.54) is 0 Å². The number of piperidine rings is 1. The van der Waals surface area contributed by atoms with Crippen LogP contribution in [0.1, 0.15) is 25.3 Å². The fourth-order valence-corrected chi connectivity index (χ4v) is 2.40. The molecule has 1 aromatic heterocycles. The number of nitrogens with one attached hydrogen (secondary N) is 1. The highest BCUT2D eigenvalue weighted by atomic mass is 16.1. The Labute approximate surface area is 113 Å². The average molecular weight is 263 g/mol. The van der Waals surface area contributed by atoms with Crippen LogP contribution in [-0.2, 0) is 4.79 Å². The zero-order valence-electron chi connectivity index (χ0n) is 11.5. The van der Waals surface area contributed by atoms with Crippen LogP contribution >= 0.6 is 0 Å². The number of aromatic nitrogens is 2. The zero-order chi connectivity index (χ0) is 13.8. The maximum absolute atomic E-state index is 11.3. The third kappa shape index (κ3) is 3.13. The summed E-state index contributed by atoms with van der Waals surface area (Å²) in [6.45, 7) is 6.34. The van der Waals surface area contributed by atoms with Gasteiger partial charge in [0, 0.05) is 31.4 Å². The Hall–Kier alpha value is -1.85. The highest BCUT2D eigenvalue weighted by Crippen LogP contribution is 2.24. The Morgan fingerprint density at radius 3 is 3.11 bits per heavy atom. The van der Waals surface area contributed by atoms with Crippen molar-refractivity contribution in [3.63, 3.8) is 0 Å². The fraction of sp³-hybridized carbons (Fsp3) is 0.615. The molecule has 19 heavy (non-hydrogen) atoms. The lowest BCUT2D eigenvalue weighted by atomic mass is 9.97. The van der Waals surface area contributed by atoms with Crippen LogP contribution in [0.15, 0.2) is 6.20 Å². The quantitative estimate of drug-likeness (QED) is 0.844. The number of aryl methyl sites for hydroxylation is 1. The Bertz CT molecular complexity index is 462. The lowest BCUT2D eigenvalue weighted by Crippen LogP contribution is -2.41. The third-order valence-corrected chi connectivity index (χ3v) is 3.40. The van der Waals surface area contributed by atoms with Gasteiger partial charge >= 0.3 is 0 Å². The number of carbonyl (C=O) groups is 1. The predicted octanol–water partition coefficient (Wildman–Crippen LogP) is 0.919. The Morgan fingerprint density at radius 1 is 1.63 bits per heavy atom. The second kappa shape index (κ2) is 5.86. The van der Waals surface area contributed by atoms with Gasteiger partial charge in [0.15, 0.2) is 0 Å². The minimum absolute atomic E-state index is 0.0781. The van der Waals surface area contributed by atoms with E-state index in [-0.39, 0.29) is 11.8 Å². The summed E-state index contributed by atoms with van der Waals surface area (Å²) in [5.41, 5.74) is 6.43. The van der Waals surface area contributed by atoms with Crippen LogP contribution in [0.25, 0.3) is 0 Å². The van der Waals surface area contributed by atoms with Crippen LogP contribution in [0.3, 0.4) is 0 Å². The lowest BCUT2D eigenvalue weighted by molar-refractivity contribution is -0.122. The van der Waals surface area contributed by atoms with Gasteiger partial charge in [-0.25, -0.2) is 4.98 Å². The summed E-state index contributed by atoms with van der Waals surface area (Å²) in [5.74, 6) is 1.23. The standard InChI is InChI=1S/C13H21N5O/c1-3-15-13-16-7-9(2)12(17-13)18-6-4-5-10(8-18)11(14)19/h7,10H,3-6,8H2,1-2H3,(H2,14,19)(H,15,16,17). The minimum Gasteiger partial charge on any atom is -0.369 e. The highest BCUT2D eigenvalue weighted by Gasteiger charge is 2.25. The third-order valence-electron chi connectivity index (χ3n) is 3.40. The summed E-state index contributed by atoms with van der Waals surface area (Å²) >= 11 is 0. The molecule has 2 heterocycles. The fourth-order valence-electron chi connectivity index (χ4n) is 2.40. The molecule has 3 N–H and O–H groups in total. The Kier molecular flexibility index (Phi) is 4.19. The minimum atomic E-state index is -0.219. The van der Waals surface area contributed by atoms with Crippen molar-refractivity contribution in [2.75, 3.05) is 29.9 Å². The van der Waals surface area contributed by atoms with Gasteiger partial charge < -0.3 is 16.0 Å². The first-order valence-electron chi connectivity index (χ1n) is 6.73. The number of hydrogen-bond donors (Lipinski definition) is 2. The average Bonchev–Trinajstić information content (AvgIpc) is 2.41. The first kappa shape index (κ1) is 13.6. The number of anilines is 2.